The van der Waals surface area contributed by atoms with Crippen LogP contribution in [-0.4, -0.2) is 10.2 Å². The van der Waals surface area contributed by atoms with Crippen LogP contribution >= 0.6 is 15.9 Å². The lowest BCUT2D eigenvalue weighted by atomic mass is 10.1. The van der Waals surface area contributed by atoms with Crippen molar-refractivity contribution in [3.8, 4) is 0 Å². The van der Waals surface area contributed by atoms with E-state index in [2.05, 4.69) is 15.9 Å². The Morgan fingerprint density at radius 3 is 2.75 bits per heavy atom. The van der Waals surface area contributed by atoms with Gasteiger partial charge in [-0.3, -0.25) is 4.79 Å². The zero-order valence-corrected chi connectivity index (χ0v) is 7.97. The van der Waals surface area contributed by atoms with Gasteiger partial charge in [-0.15, -0.1) is 0 Å². The summed E-state index contributed by atoms with van der Waals surface area (Å²) in [4.78, 5) is 11.5. The molecule has 1 aliphatic rings. The zero-order chi connectivity index (χ0) is 8.77. The first-order valence-electron chi connectivity index (χ1n) is 3.72. The number of alkyl halides is 1. The molecular weight excluding hydrogens is 218 g/mol. The number of benzene rings is 1. The average molecular weight is 226 g/mol. The molecule has 0 bridgehead atoms. The van der Waals surface area contributed by atoms with E-state index in [0.717, 1.165) is 11.1 Å². The minimum Gasteiger partial charge on any atom is -0.310 e. The number of nitrogens with two attached hydrogens (primary N) is 1. The van der Waals surface area contributed by atoms with Gasteiger partial charge < -0.3 is 5.73 Å². The van der Waals surface area contributed by atoms with Crippen LogP contribution < -0.4 is 5.73 Å². The average Bonchev–Trinajstić information content (AvgIpc) is 2.24. The molecule has 12 heavy (non-hydrogen) atoms. The highest BCUT2D eigenvalue weighted by Crippen LogP contribution is 2.31. The standard InChI is InChI=1S/C9H8BrNO/c10-9(11)5-6-3-1-2-4-7(6)8(9)12/h1-4H,5,11H2. The van der Waals surface area contributed by atoms with Gasteiger partial charge >= 0.3 is 0 Å². The molecule has 0 aromatic heterocycles. The van der Waals surface area contributed by atoms with Crippen LogP contribution in [0.1, 0.15) is 15.9 Å². The summed E-state index contributed by atoms with van der Waals surface area (Å²) < 4.78 is -0.864. The minimum atomic E-state index is -0.864. The highest BCUT2D eigenvalue weighted by atomic mass is 79.9. The Bertz CT molecular complexity index is 346. The summed E-state index contributed by atoms with van der Waals surface area (Å²) in [5.74, 6) is -0.0156. The summed E-state index contributed by atoms with van der Waals surface area (Å²) in [5.41, 5.74) is 7.52. The molecule has 1 unspecified atom stereocenters. The van der Waals surface area contributed by atoms with E-state index >= 15 is 0 Å². The fourth-order valence-electron chi connectivity index (χ4n) is 1.48. The first-order valence-corrected chi connectivity index (χ1v) is 4.51. The molecule has 0 aliphatic heterocycles. The Kier molecular flexibility index (Phi) is 1.59. The van der Waals surface area contributed by atoms with E-state index in [1.165, 1.54) is 0 Å². The van der Waals surface area contributed by atoms with Crippen LogP contribution in [0, 0.1) is 0 Å². The van der Waals surface area contributed by atoms with Gasteiger partial charge in [-0.1, -0.05) is 40.2 Å². The van der Waals surface area contributed by atoms with Crippen molar-refractivity contribution in [1.82, 2.24) is 0 Å². The van der Waals surface area contributed by atoms with Gasteiger partial charge in [-0.2, -0.15) is 0 Å². The van der Waals surface area contributed by atoms with Crippen molar-refractivity contribution in [2.75, 3.05) is 0 Å². The topological polar surface area (TPSA) is 43.1 Å². The van der Waals surface area contributed by atoms with Crippen molar-refractivity contribution < 1.29 is 4.79 Å². The lowest BCUT2D eigenvalue weighted by molar-refractivity contribution is 0.0963. The van der Waals surface area contributed by atoms with Crippen molar-refractivity contribution in [2.45, 2.75) is 10.9 Å². The van der Waals surface area contributed by atoms with Crippen LogP contribution in [0.4, 0.5) is 0 Å². The van der Waals surface area contributed by atoms with Gasteiger partial charge in [0.25, 0.3) is 0 Å². The lowest BCUT2D eigenvalue weighted by Gasteiger charge is -2.10. The quantitative estimate of drug-likeness (QED) is 0.537. The molecule has 2 rings (SSSR count). The molecule has 0 radical (unpaired) electrons. The molecule has 0 saturated heterocycles. The van der Waals surface area contributed by atoms with Crippen LogP contribution in [0.15, 0.2) is 24.3 Å². The smallest absolute Gasteiger partial charge is 0.194 e. The van der Waals surface area contributed by atoms with Crippen molar-refractivity contribution in [3.05, 3.63) is 35.4 Å². The molecule has 1 aliphatic carbocycles. The normalized spacial score (nSPS) is 27.3. The van der Waals surface area contributed by atoms with Crippen LogP contribution in [0.25, 0.3) is 0 Å². The van der Waals surface area contributed by atoms with E-state index in [1.807, 2.05) is 24.3 Å². The van der Waals surface area contributed by atoms with Crippen LogP contribution in [0.3, 0.4) is 0 Å². The van der Waals surface area contributed by atoms with Gasteiger partial charge in [-0.25, -0.2) is 0 Å². The van der Waals surface area contributed by atoms with Crippen molar-refractivity contribution >= 4 is 21.7 Å². The maximum Gasteiger partial charge on any atom is 0.194 e. The number of hydrogen-bond donors (Lipinski definition) is 1. The monoisotopic (exact) mass is 225 g/mol. The molecule has 3 heteroatoms. The molecule has 2 N–H and O–H groups in total. The number of fused-ring (bicyclic) bond motifs is 1. The van der Waals surface area contributed by atoms with Crippen molar-refractivity contribution in [3.63, 3.8) is 0 Å². The Morgan fingerprint density at radius 2 is 2.08 bits per heavy atom. The van der Waals surface area contributed by atoms with E-state index in [0.29, 0.717) is 6.42 Å². The predicted octanol–water partition coefficient (Wildman–Crippen LogP) is 1.48. The van der Waals surface area contributed by atoms with Gasteiger partial charge in [0.05, 0.1) is 0 Å². The highest BCUT2D eigenvalue weighted by molar-refractivity contribution is 9.10. The summed E-state index contributed by atoms with van der Waals surface area (Å²) >= 11 is 3.22. The minimum absolute atomic E-state index is 0.0156. The summed E-state index contributed by atoms with van der Waals surface area (Å²) in [7, 11) is 0. The van der Waals surface area contributed by atoms with Gasteiger partial charge in [0.1, 0.15) is 4.45 Å². The number of hydrogen-bond acceptors (Lipinski definition) is 2. The van der Waals surface area contributed by atoms with Crippen molar-refractivity contribution in [2.24, 2.45) is 5.73 Å². The van der Waals surface area contributed by atoms with E-state index in [9.17, 15) is 4.79 Å². The van der Waals surface area contributed by atoms with E-state index in [-0.39, 0.29) is 5.78 Å². The number of ketones is 1. The van der Waals surface area contributed by atoms with E-state index in [1.54, 1.807) is 0 Å². The fourth-order valence-corrected chi connectivity index (χ4v) is 1.99. The molecule has 0 fully saturated rings. The van der Waals surface area contributed by atoms with Crippen LogP contribution in [-0.2, 0) is 6.42 Å². The summed E-state index contributed by atoms with van der Waals surface area (Å²) in [6, 6.07) is 7.52. The van der Waals surface area contributed by atoms with Gasteiger partial charge in [-0.05, 0) is 5.56 Å². The second kappa shape index (κ2) is 2.41. The number of Topliss-reactive ketones (excluding diaryl/α,β-unsaturated/α-hetero) is 1. The van der Waals surface area contributed by atoms with Gasteiger partial charge in [0, 0.05) is 12.0 Å². The second-order valence-corrected chi connectivity index (χ2v) is 4.44. The van der Waals surface area contributed by atoms with Crippen LogP contribution in [0.2, 0.25) is 0 Å². The Hall–Kier alpha value is -0.670. The summed E-state index contributed by atoms with van der Waals surface area (Å²) in [6.07, 6.45) is 0.585. The summed E-state index contributed by atoms with van der Waals surface area (Å²) in [6.45, 7) is 0. The van der Waals surface area contributed by atoms with Crippen LogP contribution in [0.5, 0.6) is 0 Å². The molecule has 1 aromatic rings. The molecule has 1 atom stereocenters. The predicted molar refractivity (Wildman–Crippen MR) is 50.3 cm³/mol. The number of rotatable bonds is 0. The highest BCUT2D eigenvalue weighted by Gasteiger charge is 2.39. The zero-order valence-electron chi connectivity index (χ0n) is 6.38. The van der Waals surface area contributed by atoms with Crippen molar-refractivity contribution in [1.29, 1.82) is 0 Å². The number of halogens is 1. The SMILES string of the molecule is NC1(Br)Cc2ccccc2C1=O. The Balaban J connectivity index is 2.57. The lowest BCUT2D eigenvalue weighted by Crippen LogP contribution is -2.38. The molecular formula is C9H8BrNO. The first kappa shape index (κ1) is 7.95. The number of carbonyl (C=O) groups excluding carboxylic acids is 1. The molecule has 0 saturated carbocycles. The molecule has 2 nitrogen and oxygen atoms in total. The van der Waals surface area contributed by atoms with E-state index < -0.39 is 4.45 Å². The number of carbonyl (C=O) groups is 1. The first-order chi connectivity index (χ1) is 5.61. The Morgan fingerprint density at radius 1 is 1.42 bits per heavy atom. The second-order valence-electron chi connectivity index (χ2n) is 3.03. The van der Waals surface area contributed by atoms with Gasteiger partial charge in [0.2, 0.25) is 0 Å². The largest absolute Gasteiger partial charge is 0.310 e. The summed E-state index contributed by atoms with van der Waals surface area (Å²) in [5, 5.41) is 0. The van der Waals surface area contributed by atoms with E-state index in [4.69, 9.17) is 5.73 Å². The third-order valence-corrected chi connectivity index (χ3v) is 2.73. The molecule has 62 valence electrons. The molecule has 1 aromatic carbocycles. The fraction of sp³-hybridized carbons (Fsp3) is 0.222. The maximum atomic E-state index is 11.5. The molecule has 0 amide bonds. The Labute approximate surface area is 78.9 Å². The molecule has 0 spiro atoms. The molecule has 0 heterocycles. The third-order valence-electron chi connectivity index (χ3n) is 2.09. The van der Waals surface area contributed by atoms with Gasteiger partial charge in [0.15, 0.2) is 5.78 Å². The third kappa shape index (κ3) is 1.01. The maximum absolute atomic E-state index is 11.5.